The molecule has 4 nitrogen and oxygen atoms in total. The Kier molecular flexibility index (Phi) is 1.99. The predicted molar refractivity (Wildman–Crippen MR) is 50.9 cm³/mol. The fourth-order valence-corrected chi connectivity index (χ4v) is 2.77. The molecule has 0 aromatic carbocycles. The van der Waals surface area contributed by atoms with Gasteiger partial charge in [0, 0.05) is 25.0 Å². The van der Waals surface area contributed by atoms with Gasteiger partial charge in [-0.25, -0.2) is 0 Å². The molecule has 3 heterocycles. The highest BCUT2D eigenvalue weighted by molar-refractivity contribution is 5.80. The predicted octanol–water partition coefficient (Wildman–Crippen LogP) is -0.262. The van der Waals surface area contributed by atoms with Gasteiger partial charge in [-0.05, 0) is 12.8 Å². The average Bonchev–Trinajstić information content (AvgIpc) is 2.64. The van der Waals surface area contributed by atoms with Gasteiger partial charge in [0.15, 0.2) is 0 Å². The summed E-state index contributed by atoms with van der Waals surface area (Å²) >= 11 is 0. The van der Waals surface area contributed by atoms with E-state index in [9.17, 15) is 4.79 Å². The fraction of sp³-hybridized carbons (Fsp3) is 0.900. The molecule has 1 amide bonds. The first-order chi connectivity index (χ1) is 6.84. The minimum absolute atomic E-state index is 0.338. The zero-order valence-electron chi connectivity index (χ0n) is 8.24. The van der Waals surface area contributed by atoms with Crippen LogP contribution in [0.25, 0.3) is 0 Å². The number of nitrogens with one attached hydrogen (secondary N) is 1. The van der Waals surface area contributed by atoms with Crippen LogP contribution in [-0.4, -0.2) is 48.7 Å². The van der Waals surface area contributed by atoms with E-state index in [2.05, 4.69) is 10.2 Å². The number of fused-ring (bicyclic) bond motifs is 1. The Morgan fingerprint density at radius 2 is 2.29 bits per heavy atom. The lowest BCUT2D eigenvalue weighted by molar-refractivity contribution is -0.127. The lowest BCUT2D eigenvalue weighted by atomic mass is 10.0. The lowest BCUT2D eigenvalue weighted by Gasteiger charge is -2.31. The molecule has 2 unspecified atom stereocenters. The van der Waals surface area contributed by atoms with Gasteiger partial charge in [-0.2, -0.15) is 0 Å². The molecule has 4 heteroatoms. The van der Waals surface area contributed by atoms with E-state index in [1.807, 2.05) is 0 Å². The molecule has 0 radical (unpaired) electrons. The van der Waals surface area contributed by atoms with Crippen LogP contribution in [0.1, 0.15) is 19.3 Å². The molecule has 1 N–H and O–H groups in total. The Balaban J connectivity index is 1.65. The summed E-state index contributed by atoms with van der Waals surface area (Å²) in [5, 5.41) is 3.53. The number of carbonyl (C=O) groups excluding carboxylic acids is 1. The minimum Gasteiger partial charge on any atom is -0.378 e. The van der Waals surface area contributed by atoms with Crippen molar-refractivity contribution in [2.75, 3.05) is 19.8 Å². The van der Waals surface area contributed by atoms with Gasteiger partial charge in [-0.3, -0.25) is 4.79 Å². The van der Waals surface area contributed by atoms with Crippen molar-refractivity contribution in [2.45, 2.75) is 37.4 Å². The van der Waals surface area contributed by atoms with Gasteiger partial charge >= 0.3 is 0 Å². The van der Waals surface area contributed by atoms with E-state index in [4.69, 9.17) is 4.74 Å². The topological polar surface area (TPSA) is 41.6 Å². The van der Waals surface area contributed by atoms with Crippen molar-refractivity contribution < 1.29 is 9.53 Å². The van der Waals surface area contributed by atoms with Crippen LogP contribution < -0.4 is 5.32 Å². The maximum Gasteiger partial charge on any atom is 0.224 e. The van der Waals surface area contributed by atoms with Crippen LogP contribution >= 0.6 is 0 Å². The van der Waals surface area contributed by atoms with E-state index in [1.165, 1.54) is 12.8 Å². The Morgan fingerprint density at radius 1 is 1.43 bits per heavy atom. The highest BCUT2D eigenvalue weighted by Crippen LogP contribution is 2.29. The average molecular weight is 196 g/mol. The van der Waals surface area contributed by atoms with Crippen LogP contribution in [0.5, 0.6) is 0 Å². The van der Waals surface area contributed by atoms with Crippen LogP contribution in [0.2, 0.25) is 0 Å². The van der Waals surface area contributed by atoms with Crippen molar-refractivity contribution >= 4 is 5.91 Å². The van der Waals surface area contributed by atoms with Crippen molar-refractivity contribution in [3.05, 3.63) is 0 Å². The molecular weight excluding hydrogens is 180 g/mol. The van der Waals surface area contributed by atoms with E-state index in [0.29, 0.717) is 30.5 Å². The molecule has 0 aromatic heterocycles. The third kappa shape index (κ3) is 1.25. The third-order valence-corrected chi connectivity index (χ3v) is 3.57. The first kappa shape index (κ1) is 8.68. The molecule has 3 aliphatic rings. The summed E-state index contributed by atoms with van der Waals surface area (Å²) in [6.45, 7) is 2.61. The molecule has 2 atom stereocenters. The molecule has 0 aromatic rings. The highest BCUT2D eigenvalue weighted by atomic mass is 16.5. The molecule has 0 aliphatic carbocycles. The molecular formula is C10H16N2O2. The zero-order chi connectivity index (χ0) is 9.54. The Hall–Kier alpha value is -0.610. The number of ether oxygens (including phenoxy) is 1. The maximum atomic E-state index is 11.6. The smallest absolute Gasteiger partial charge is 0.224 e. The van der Waals surface area contributed by atoms with Crippen LogP contribution in [0.15, 0.2) is 0 Å². The summed E-state index contributed by atoms with van der Waals surface area (Å²) in [6.07, 6.45) is 3.05. The number of hydrogen-bond acceptors (Lipinski definition) is 3. The minimum atomic E-state index is 0.338. The molecule has 3 aliphatic heterocycles. The Labute approximate surface area is 83.6 Å². The number of carbonyl (C=O) groups is 1. The first-order valence-corrected chi connectivity index (χ1v) is 5.48. The standard InChI is InChI=1S/C10H16N2O2/c13-10-4-8(11-7-5-14-6-7)9-2-1-3-12(9)10/h7-9,11H,1-6H2. The van der Waals surface area contributed by atoms with E-state index in [1.54, 1.807) is 0 Å². The molecule has 0 bridgehead atoms. The quantitative estimate of drug-likeness (QED) is 0.661. The van der Waals surface area contributed by atoms with Gasteiger partial charge in [0.1, 0.15) is 0 Å². The van der Waals surface area contributed by atoms with Crippen LogP contribution in [0.4, 0.5) is 0 Å². The van der Waals surface area contributed by atoms with Crippen molar-refractivity contribution in [1.29, 1.82) is 0 Å². The summed E-state index contributed by atoms with van der Waals surface area (Å²) in [4.78, 5) is 13.7. The second kappa shape index (κ2) is 3.21. The normalized spacial score (nSPS) is 37.4. The molecule has 3 rings (SSSR count). The summed E-state index contributed by atoms with van der Waals surface area (Å²) in [7, 11) is 0. The van der Waals surface area contributed by atoms with Crippen molar-refractivity contribution in [1.82, 2.24) is 10.2 Å². The Morgan fingerprint density at radius 3 is 3.00 bits per heavy atom. The number of nitrogens with zero attached hydrogens (tertiary/aromatic N) is 1. The largest absolute Gasteiger partial charge is 0.378 e. The molecule has 3 saturated heterocycles. The second-order valence-electron chi connectivity index (χ2n) is 4.51. The van der Waals surface area contributed by atoms with Crippen LogP contribution in [0, 0.1) is 0 Å². The molecule has 3 fully saturated rings. The van der Waals surface area contributed by atoms with Gasteiger partial charge < -0.3 is 15.0 Å². The first-order valence-electron chi connectivity index (χ1n) is 5.48. The van der Waals surface area contributed by atoms with Crippen LogP contribution in [0.3, 0.4) is 0 Å². The van der Waals surface area contributed by atoms with E-state index >= 15 is 0 Å². The fourth-order valence-electron chi connectivity index (χ4n) is 2.77. The zero-order valence-corrected chi connectivity index (χ0v) is 8.24. The Bertz CT molecular complexity index is 253. The SMILES string of the molecule is O=C1CC(NC2COC2)C2CCCN12. The van der Waals surface area contributed by atoms with Gasteiger partial charge in [0.2, 0.25) is 5.91 Å². The number of hydrogen-bond donors (Lipinski definition) is 1. The van der Waals surface area contributed by atoms with Crippen LogP contribution in [-0.2, 0) is 9.53 Å². The van der Waals surface area contributed by atoms with E-state index < -0.39 is 0 Å². The van der Waals surface area contributed by atoms with Crippen molar-refractivity contribution in [3.8, 4) is 0 Å². The number of rotatable bonds is 2. The summed E-state index contributed by atoms with van der Waals surface area (Å²) in [5.41, 5.74) is 0. The molecule has 0 spiro atoms. The van der Waals surface area contributed by atoms with E-state index in [0.717, 1.165) is 19.8 Å². The second-order valence-corrected chi connectivity index (χ2v) is 4.51. The summed E-state index contributed by atoms with van der Waals surface area (Å²) in [5.74, 6) is 0.338. The maximum absolute atomic E-state index is 11.6. The monoisotopic (exact) mass is 196 g/mol. The number of amides is 1. The van der Waals surface area contributed by atoms with Gasteiger partial charge in [0.25, 0.3) is 0 Å². The third-order valence-electron chi connectivity index (χ3n) is 3.57. The highest BCUT2D eigenvalue weighted by Gasteiger charge is 2.43. The molecule has 14 heavy (non-hydrogen) atoms. The van der Waals surface area contributed by atoms with E-state index in [-0.39, 0.29) is 0 Å². The van der Waals surface area contributed by atoms with Crippen molar-refractivity contribution in [3.63, 3.8) is 0 Å². The van der Waals surface area contributed by atoms with Gasteiger partial charge in [-0.1, -0.05) is 0 Å². The summed E-state index contributed by atoms with van der Waals surface area (Å²) in [6, 6.07) is 1.36. The summed E-state index contributed by atoms with van der Waals surface area (Å²) < 4.78 is 5.12. The van der Waals surface area contributed by atoms with Gasteiger partial charge in [0.05, 0.1) is 19.3 Å². The van der Waals surface area contributed by atoms with Gasteiger partial charge in [-0.15, -0.1) is 0 Å². The van der Waals surface area contributed by atoms with Crippen molar-refractivity contribution in [2.24, 2.45) is 0 Å². The lowest BCUT2D eigenvalue weighted by Crippen LogP contribution is -2.53. The molecule has 78 valence electrons. The molecule has 0 saturated carbocycles.